The minimum atomic E-state index is 0.605. The molecule has 2 rings (SSSR count). The van der Waals surface area contributed by atoms with Gasteiger partial charge in [0.15, 0.2) is 0 Å². The highest BCUT2D eigenvalue weighted by Gasteiger charge is 2.14. The number of nitrogens with two attached hydrogens (primary N) is 1. The maximum Gasteiger partial charge on any atom is 0.241 e. The van der Waals surface area contributed by atoms with Crippen LogP contribution in [0.15, 0.2) is 24.3 Å². The quantitative estimate of drug-likeness (QED) is 0.910. The summed E-state index contributed by atoms with van der Waals surface area (Å²) < 4.78 is 7.78. The van der Waals surface area contributed by atoms with E-state index in [1.165, 1.54) is 0 Å². The number of hydrogen-bond donors (Lipinski definition) is 1. The van der Waals surface area contributed by atoms with Crippen LogP contribution in [-0.2, 0) is 6.54 Å². The van der Waals surface area contributed by atoms with Gasteiger partial charge in [0.25, 0.3) is 0 Å². The standard InChI is InChI=1S/C15H22N4O/c1-5-9-19-15(14(16)11(2)17-19)20-13-8-6-7-12(10-13)18(3)4/h6-8,10H,5,9,16H2,1-4H3. The molecule has 0 unspecified atom stereocenters. The first-order valence-corrected chi connectivity index (χ1v) is 6.81. The number of nitrogen functional groups attached to an aromatic ring is 1. The zero-order valence-corrected chi connectivity index (χ0v) is 12.6. The molecule has 108 valence electrons. The van der Waals surface area contributed by atoms with Crippen molar-refractivity contribution in [2.45, 2.75) is 26.8 Å². The second kappa shape index (κ2) is 5.86. The van der Waals surface area contributed by atoms with Gasteiger partial charge in [0.1, 0.15) is 11.4 Å². The minimum Gasteiger partial charge on any atom is -0.437 e. The molecule has 1 heterocycles. The highest BCUT2D eigenvalue weighted by molar-refractivity contribution is 5.55. The normalized spacial score (nSPS) is 10.6. The van der Waals surface area contributed by atoms with Crippen molar-refractivity contribution in [2.24, 2.45) is 0 Å². The van der Waals surface area contributed by atoms with Gasteiger partial charge in [-0.15, -0.1) is 0 Å². The fourth-order valence-electron chi connectivity index (χ4n) is 1.98. The van der Waals surface area contributed by atoms with Crippen molar-refractivity contribution in [1.29, 1.82) is 0 Å². The Kier molecular flexibility index (Phi) is 4.17. The number of anilines is 2. The lowest BCUT2D eigenvalue weighted by atomic mass is 10.3. The fraction of sp³-hybridized carbons (Fsp3) is 0.400. The summed E-state index contributed by atoms with van der Waals surface area (Å²) in [4.78, 5) is 2.03. The van der Waals surface area contributed by atoms with Crippen molar-refractivity contribution in [3.05, 3.63) is 30.0 Å². The van der Waals surface area contributed by atoms with E-state index in [0.717, 1.165) is 30.1 Å². The van der Waals surface area contributed by atoms with Gasteiger partial charge in [0.2, 0.25) is 5.88 Å². The van der Waals surface area contributed by atoms with Crippen molar-refractivity contribution in [3.63, 3.8) is 0 Å². The third-order valence-corrected chi connectivity index (χ3v) is 3.11. The summed E-state index contributed by atoms with van der Waals surface area (Å²) >= 11 is 0. The summed E-state index contributed by atoms with van der Waals surface area (Å²) in [7, 11) is 4.00. The van der Waals surface area contributed by atoms with Gasteiger partial charge in [-0.3, -0.25) is 0 Å². The number of aromatic nitrogens is 2. The number of hydrogen-bond acceptors (Lipinski definition) is 4. The Morgan fingerprint density at radius 2 is 2.10 bits per heavy atom. The molecule has 0 aliphatic heterocycles. The summed E-state index contributed by atoms with van der Waals surface area (Å²) in [5.74, 6) is 1.39. The number of rotatable bonds is 5. The average molecular weight is 274 g/mol. The fourth-order valence-corrected chi connectivity index (χ4v) is 1.98. The van der Waals surface area contributed by atoms with Crippen LogP contribution in [0.25, 0.3) is 0 Å². The molecule has 0 bridgehead atoms. The predicted molar refractivity (Wildman–Crippen MR) is 82.5 cm³/mol. The van der Waals surface area contributed by atoms with E-state index in [4.69, 9.17) is 10.5 Å². The molecule has 0 fully saturated rings. The van der Waals surface area contributed by atoms with E-state index in [1.54, 1.807) is 0 Å². The molecule has 5 nitrogen and oxygen atoms in total. The van der Waals surface area contributed by atoms with Gasteiger partial charge in [-0.1, -0.05) is 13.0 Å². The van der Waals surface area contributed by atoms with E-state index in [-0.39, 0.29) is 0 Å². The van der Waals surface area contributed by atoms with Crippen molar-refractivity contribution in [1.82, 2.24) is 9.78 Å². The second-order valence-corrected chi connectivity index (χ2v) is 5.02. The number of ether oxygens (including phenoxy) is 1. The summed E-state index contributed by atoms with van der Waals surface area (Å²) in [6.45, 7) is 4.79. The largest absolute Gasteiger partial charge is 0.437 e. The lowest BCUT2D eigenvalue weighted by molar-refractivity contribution is 0.410. The molecule has 0 aliphatic carbocycles. The molecule has 0 atom stereocenters. The number of aryl methyl sites for hydroxylation is 2. The van der Waals surface area contributed by atoms with Gasteiger partial charge >= 0.3 is 0 Å². The molecule has 0 radical (unpaired) electrons. The molecular formula is C15H22N4O. The van der Waals surface area contributed by atoms with Crippen LogP contribution in [0.2, 0.25) is 0 Å². The highest BCUT2D eigenvalue weighted by atomic mass is 16.5. The first-order chi connectivity index (χ1) is 9.52. The molecule has 0 amide bonds. The number of nitrogens with zero attached hydrogens (tertiary/aromatic N) is 3. The molecule has 0 spiro atoms. The molecule has 2 N–H and O–H groups in total. The van der Waals surface area contributed by atoms with Crippen molar-refractivity contribution >= 4 is 11.4 Å². The van der Waals surface area contributed by atoms with Crippen LogP contribution in [0.4, 0.5) is 11.4 Å². The first kappa shape index (κ1) is 14.2. The van der Waals surface area contributed by atoms with E-state index in [0.29, 0.717) is 11.6 Å². The first-order valence-electron chi connectivity index (χ1n) is 6.81. The molecule has 0 saturated carbocycles. The van der Waals surface area contributed by atoms with Crippen molar-refractivity contribution in [2.75, 3.05) is 24.7 Å². The van der Waals surface area contributed by atoms with Crippen LogP contribution < -0.4 is 15.4 Å². The van der Waals surface area contributed by atoms with E-state index >= 15 is 0 Å². The Hall–Kier alpha value is -2.17. The Balaban J connectivity index is 2.32. The topological polar surface area (TPSA) is 56.3 Å². The Labute approximate surface area is 119 Å². The predicted octanol–water partition coefficient (Wildman–Crippen LogP) is 3.04. The van der Waals surface area contributed by atoms with Gasteiger partial charge in [0.05, 0.1) is 5.69 Å². The van der Waals surface area contributed by atoms with E-state index in [1.807, 2.05) is 54.9 Å². The third-order valence-electron chi connectivity index (χ3n) is 3.11. The minimum absolute atomic E-state index is 0.605. The molecular weight excluding hydrogens is 252 g/mol. The van der Waals surface area contributed by atoms with Crippen LogP contribution in [0.5, 0.6) is 11.6 Å². The SMILES string of the molecule is CCCn1nc(C)c(N)c1Oc1cccc(N(C)C)c1. The average Bonchev–Trinajstić information content (AvgIpc) is 2.67. The molecule has 0 aliphatic rings. The maximum atomic E-state index is 6.06. The van der Waals surface area contributed by atoms with Gasteiger partial charge in [-0.05, 0) is 25.5 Å². The monoisotopic (exact) mass is 274 g/mol. The lowest BCUT2D eigenvalue weighted by Crippen LogP contribution is -2.08. The smallest absolute Gasteiger partial charge is 0.241 e. The zero-order chi connectivity index (χ0) is 14.7. The van der Waals surface area contributed by atoms with Crippen LogP contribution in [0, 0.1) is 6.92 Å². The highest BCUT2D eigenvalue weighted by Crippen LogP contribution is 2.31. The second-order valence-electron chi connectivity index (χ2n) is 5.02. The van der Waals surface area contributed by atoms with E-state index in [9.17, 15) is 0 Å². The molecule has 1 aromatic heterocycles. The van der Waals surface area contributed by atoms with Crippen molar-refractivity contribution in [3.8, 4) is 11.6 Å². The summed E-state index contributed by atoms with van der Waals surface area (Å²) in [6, 6.07) is 7.90. The lowest BCUT2D eigenvalue weighted by Gasteiger charge is -2.14. The van der Waals surface area contributed by atoms with Crippen LogP contribution in [0.1, 0.15) is 19.0 Å². The Morgan fingerprint density at radius 1 is 1.35 bits per heavy atom. The van der Waals surface area contributed by atoms with Gasteiger partial charge in [0, 0.05) is 32.4 Å². The van der Waals surface area contributed by atoms with Gasteiger partial charge in [-0.2, -0.15) is 5.10 Å². The Morgan fingerprint density at radius 3 is 2.75 bits per heavy atom. The third kappa shape index (κ3) is 2.87. The molecule has 0 saturated heterocycles. The molecule has 20 heavy (non-hydrogen) atoms. The molecule has 5 heteroatoms. The zero-order valence-electron chi connectivity index (χ0n) is 12.6. The maximum absolute atomic E-state index is 6.06. The van der Waals surface area contributed by atoms with Crippen LogP contribution >= 0.6 is 0 Å². The summed E-state index contributed by atoms with van der Waals surface area (Å²) in [6.07, 6.45) is 0.981. The van der Waals surface area contributed by atoms with E-state index < -0.39 is 0 Å². The van der Waals surface area contributed by atoms with Gasteiger partial charge < -0.3 is 15.4 Å². The molecule has 1 aromatic carbocycles. The van der Waals surface area contributed by atoms with Crippen molar-refractivity contribution < 1.29 is 4.74 Å². The van der Waals surface area contributed by atoms with Gasteiger partial charge in [-0.25, -0.2) is 4.68 Å². The Bertz CT molecular complexity index is 590. The number of benzene rings is 1. The van der Waals surface area contributed by atoms with Crippen LogP contribution in [0.3, 0.4) is 0 Å². The molecule has 2 aromatic rings. The summed E-state index contributed by atoms with van der Waals surface area (Å²) in [5, 5.41) is 4.41. The van der Waals surface area contributed by atoms with E-state index in [2.05, 4.69) is 12.0 Å². The van der Waals surface area contributed by atoms with Crippen LogP contribution in [-0.4, -0.2) is 23.9 Å². The summed E-state index contributed by atoms with van der Waals surface area (Å²) in [5.41, 5.74) is 8.55.